The summed E-state index contributed by atoms with van der Waals surface area (Å²) in [5.74, 6) is 6.95. The number of fused-ring (bicyclic) bond motifs is 1. The van der Waals surface area contributed by atoms with Crippen LogP contribution >= 0.6 is 0 Å². The third kappa shape index (κ3) is 3.55. The number of amides is 1. The average Bonchev–Trinajstić information content (AvgIpc) is 3.53. The first-order chi connectivity index (χ1) is 16.1. The largest absolute Gasteiger partial charge is 0.349 e. The predicted octanol–water partition coefficient (Wildman–Crippen LogP) is 5.96. The van der Waals surface area contributed by atoms with Crippen molar-refractivity contribution in [3.8, 4) is 11.8 Å². The maximum Gasteiger partial charge on any atom is 0.253 e. The minimum atomic E-state index is 0.00760. The van der Waals surface area contributed by atoms with Gasteiger partial charge in [0.05, 0.1) is 23.3 Å². The van der Waals surface area contributed by atoms with E-state index in [1.165, 1.54) is 43.2 Å². The van der Waals surface area contributed by atoms with E-state index in [1.54, 1.807) is 0 Å². The smallest absolute Gasteiger partial charge is 0.253 e. The first-order valence-electron chi connectivity index (χ1n) is 12.4. The lowest BCUT2D eigenvalue weighted by Gasteiger charge is -2.54. The molecule has 1 N–H and O–H groups in total. The van der Waals surface area contributed by atoms with Crippen LogP contribution in [0.3, 0.4) is 0 Å². The summed E-state index contributed by atoms with van der Waals surface area (Å²) < 4.78 is 2.01. The summed E-state index contributed by atoms with van der Waals surface area (Å²) in [5.41, 5.74) is 5.67. The molecule has 0 aliphatic heterocycles. The maximum atomic E-state index is 13.4. The Balaban J connectivity index is 1.34. The molecule has 3 fully saturated rings. The van der Waals surface area contributed by atoms with Crippen molar-refractivity contribution in [2.24, 2.45) is 5.41 Å². The molecule has 3 saturated carbocycles. The highest BCUT2D eigenvalue weighted by atomic mass is 16.1. The summed E-state index contributed by atoms with van der Waals surface area (Å²) in [6, 6.07) is 13.1. The van der Waals surface area contributed by atoms with E-state index in [0.717, 1.165) is 35.2 Å². The van der Waals surface area contributed by atoms with Crippen molar-refractivity contribution in [2.75, 3.05) is 0 Å². The summed E-state index contributed by atoms with van der Waals surface area (Å²) in [6.45, 7) is 4.00. The molecule has 0 unspecified atom stereocenters. The maximum absolute atomic E-state index is 13.4. The lowest BCUT2D eigenvalue weighted by molar-refractivity contribution is -0.000604. The van der Waals surface area contributed by atoms with Crippen LogP contribution in [0.15, 0.2) is 42.6 Å². The molecule has 168 valence electrons. The fourth-order valence-corrected chi connectivity index (χ4v) is 5.92. The fraction of sp³-hybridized carbons (Fsp3) is 0.448. The van der Waals surface area contributed by atoms with Gasteiger partial charge in [-0.2, -0.15) is 5.10 Å². The number of hydrogen-bond acceptors (Lipinski definition) is 2. The van der Waals surface area contributed by atoms with Crippen LogP contribution in [-0.4, -0.2) is 21.7 Å². The lowest BCUT2D eigenvalue weighted by atomic mass is 9.54. The number of carbonyl (C=O) groups is 1. The molecule has 4 heteroatoms. The van der Waals surface area contributed by atoms with Gasteiger partial charge in [0, 0.05) is 17.0 Å². The number of hydrogen-bond donors (Lipinski definition) is 1. The second-order valence-electron chi connectivity index (χ2n) is 10.4. The van der Waals surface area contributed by atoms with Gasteiger partial charge in [-0.1, -0.05) is 36.6 Å². The van der Waals surface area contributed by atoms with Gasteiger partial charge >= 0.3 is 0 Å². The summed E-state index contributed by atoms with van der Waals surface area (Å²) in [7, 11) is 0. The fourth-order valence-electron chi connectivity index (χ4n) is 5.92. The molecule has 0 radical (unpaired) electrons. The van der Waals surface area contributed by atoms with Gasteiger partial charge in [-0.3, -0.25) is 9.48 Å². The van der Waals surface area contributed by atoms with Gasteiger partial charge in [-0.25, -0.2) is 0 Å². The molecule has 1 spiro atoms. The number of nitrogens with one attached hydrogen (secondary N) is 1. The number of rotatable bonds is 5. The van der Waals surface area contributed by atoms with Crippen LogP contribution in [0, 0.1) is 17.3 Å². The van der Waals surface area contributed by atoms with E-state index in [2.05, 4.69) is 48.3 Å². The molecule has 0 bridgehead atoms. The van der Waals surface area contributed by atoms with Crippen molar-refractivity contribution in [1.29, 1.82) is 0 Å². The van der Waals surface area contributed by atoms with E-state index in [-0.39, 0.29) is 11.9 Å². The van der Waals surface area contributed by atoms with E-state index in [4.69, 9.17) is 5.10 Å². The van der Waals surface area contributed by atoms with Crippen molar-refractivity contribution >= 4 is 16.8 Å². The van der Waals surface area contributed by atoms with Crippen molar-refractivity contribution in [3.05, 3.63) is 64.8 Å². The van der Waals surface area contributed by atoms with Crippen molar-refractivity contribution in [3.63, 3.8) is 0 Å². The Morgan fingerprint density at radius 2 is 1.91 bits per heavy atom. The number of carbonyl (C=O) groups excluding carboxylic acids is 1. The highest BCUT2D eigenvalue weighted by molar-refractivity contribution is 6.07. The third-order valence-corrected chi connectivity index (χ3v) is 8.20. The zero-order valence-corrected chi connectivity index (χ0v) is 19.5. The highest BCUT2D eigenvalue weighted by Crippen LogP contribution is 2.55. The Kier molecular flexibility index (Phi) is 4.83. The summed E-state index contributed by atoms with van der Waals surface area (Å²) >= 11 is 0. The minimum absolute atomic E-state index is 0.00760. The number of aromatic nitrogens is 2. The van der Waals surface area contributed by atoms with E-state index in [1.807, 2.05) is 29.9 Å². The van der Waals surface area contributed by atoms with Gasteiger partial charge in [0.25, 0.3) is 5.91 Å². The van der Waals surface area contributed by atoms with Gasteiger partial charge in [0.1, 0.15) is 0 Å². The van der Waals surface area contributed by atoms with E-state index >= 15 is 0 Å². The van der Waals surface area contributed by atoms with Crippen molar-refractivity contribution in [1.82, 2.24) is 15.1 Å². The third-order valence-electron chi connectivity index (χ3n) is 8.20. The lowest BCUT2D eigenvalue weighted by Crippen LogP contribution is -2.53. The van der Waals surface area contributed by atoms with Gasteiger partial charge in [-0.05, 0) is 87.0 Å². The molecule has 1 amide bonds. The minimum Gasteiger partial charge on any atom is -0.349 e. The Morgan fingerprint density at radius 1 is 1.15 bits per heavy atom. The summed E-state index contributed by atoms with van der Waals surface area (Å²) in [4.78, 5) is 13.4. The average molecular weight is 438 g/mol. The summed E-state index contributed by atoms with van der Waals surface area (Å²) in [5, 5.41) is 9.01. The number of benzene rings is 2. The van der Waals surface area contributed by atoms with Gasteiger partial charge in [0.2, 0.25) is 0 Å². The Bertz CT molecular complexity index is 1270. The first kappa shape index (κ1) is 20.5. The standard InChI is InChI=1S/C29H31N3O/c1-3-5-23-12-13-25(28(33)31-24-16-29(17-24)14-4-15-29)27-26(23)18-30-32(27)19(2)20-6-8-21(9-7-20)22-10-11-22/h6-9,12-13,18-19,22,24H,4,10-11,14-17H2,1-2H3,(H,31,33)/t19-/m1/s1. The van der Waals surface area contributed by atoms with Crippen molar-refractivity contribution in [2.45, 2.75) is 76.8 Å². The second-order valence-corrected chi connectivity index (χ2v) is 10.4. The molecule has 0 saturated heterocycles. The van der Waals surface area contributed by atoms with Gasteiger partial charge in [0.15, 0.2) is 0 Å². The van der Waals surface area contributed by atoms with E-state index < -0.39 is 0 Å². The second kappa shape index (κ2) is 7.76. The SMILES string of the molecule is CC#Cc1ccc(C(=O)NC2CC3(CCC3)C2)c2c1cnn2[C@H](C)c1ccc(C2CC2)cc1. The molecule has 3 aliphatic carbocycles. The Labute approximate surface area is 195 Å². The molecule has 6 rings (SSSR count). The Morgan fingerprint density at radius 3 is 2.55 bits per heavy atom. The predicted molar refractivity (Wildman–Crippen MR) is 131 cm³/mol. The van der Waals surface area contributed by atoms with Crippen LogP contribution in [0.5, 0.6) is 0 Å². The molecule has 33 heavy (non-hydrogen) atoms. The van der Waals surface area contributed by atoms with E-state index in [9.17, 15) is 4.79 Å². The molecular weight excluding hydrogens is 406 g/mol. The monoisotopic (exact) mass is 437 g/mol. The zero-order chi connectivity index (χ0) is 22.6. The van der Waals surface area contributed by atoms with Gasteiger partial charge < -0.3 is 5.32 Å². The van der Waals surface area contributed by atoms with Crippen LogP contribution in [-0.2, 0) is 0 Å². The molecule has 1 heterocycles. The molecule has 3 aliphatic rings. The van der Waals surface area contributed by atoms with Gasteiger partial charge in [-0.15, -0.1) is 5.92 Å². The topological polar surface area (TPSA) is 46.9 Å². The molecular formula is C29H31N3O. The zero-order valence-electron chi connectivity index (χ0n) is 19.5. The van der Waals surface area contributed by atoms with Crippen LogP contribution < -0.4 is 5.32 Å². The van der Waals surface area contributed by atoms with Crippen LogP contribution in [0.1, 0.15) is 97.8 Å². The molecule has 1 atom stereocenters. The van der Waals surface area contributed by atoms with Crippen molar-refractivity contribution < 1.29 is 4.79 Å². The Hall–Kier alpha value is -3.06. The number of nitrogens with zero attached hydrogens (tertiary/aromatic N) is 2. The van der Waals surface area contributed by atoms with Crippen LogP contribution in [0.4, 0.5) is 0 Å². The first-order valence-corrected chi connectivity index (χ1v) is 12.4. The molecule has 1 aromatic heterocycles. The molecule has 2 aromatic carbocycles. The molecule has 4 nitrogen and oxygen atoms in total. The molecule has 3 aromatic rings. The quantitative estimate of drug-likeness (QED) is 0.501. The van der Waals surface area contributed by atoms with Crippen LogP contribution in [0.25, 0.3) is 10.9 Å². The highest BCUT2D eigenvalue weighted by Gasteiger charge is 2.48. The summed E-state index contributed by atoms with van der Waals surface area (Å²) in [6.07, 6.45) is 10.7. The normalized spacial score (nSPS) is 19.9. The van der Waals surface area contributed by atoms with E-state index in [0.29, 0.717) is 17.0 Å². The van der Waals surface area contributed by atoms with Crippen LogP contribution in [0.2, 0.25) is 0 Å².